The molecule has 0 saturated heterocycles. The Bertz CT molecular complexity index is 536. The normalized spacial score (nSPS) is 12.0. The highest BCUT2D eigenvalue weighted by atomic mass is 79.9. The van der Waals surface area contributed by atoms with Gasteiger partial charge < -0.3 is 9.84 Å². The van der Waals surface area contributed by atoms with Gasteiger partial charge in [-0.25, -0.2) is 9.18 Å². The average molecular weight is 379 g/mol. The van der Waals surface area contributed by atoms with Crippen LogP contribution in [-0.2, 0) is 9.53 Å². The molecule has 0 aliphatic heterocycles. The molecule has 0 bridgehead atoms. The molecule has 0 saturated carbocycles. The predicted octanol–water partition coefficient (Wildman–Crippen LogP) is 4.11. The summed E-state index contributed by atoms with van der Waals surface area (Å²) in [5.74, 6) is -2.51. The van der Waals surface area contributed by atoms with E-state index in [4.69, 9.17) is 9.84 Å². The Labute approximate surface area is 135 Å². The van der Waals surface area contributed by atoms with Crippen LogP contribution in [0.15, 0.2) is 21.5 Å². The van der Waals surface area contributed by atoms with Gasteiger partial charge in [0, 0.05) is 9.37 Å². The van der Waals surface area contributed by atoms with Crippen molar-refractivity contribution in [2.75, 3.05) is 6.61 Å². The van der Waals surface area contributed by atoms with Crippen molar-refractivity contribution >= 4 is 39.6 Å². The van der Waals surface area contributed by atoms with Gasteiger partial charge in [0.2, 0.25) is 0 Å². The molecule has 0 aliphatic carbocycles. The van der Waals surface area contributed by atoms with Gasteiger partial charge in [-0.3, -0.25) is 4.79 Å². The smallest absolute Gasteiger partial charge is 0.338 e. The molecule has 7 heteroatoms. The van der Waals surface area contributed by atoms with Crippen LogP contribution in [0.3, 0.4) is 0 Å². The molecule has 0 aliphatic rings. The largest absolute Gasteiger partial charge is 0.478 e. The Morgan fingerprint density at radius 2 is 2.10 bits per heavy atom. The summed E-state index contributed by atoms with van der Waals surface area (Å²) in [6.45, 7) is 3.95. The molecule has 0 fully saturated rings. The highest BCUT2D eigenvalue weighted by molar-refractivity contribution is 9.10. The number of carbonyl (C=O) groups is 2. The van der Waals surface area contributed by atoms with Crippen molar-refractivity contribution in [1.82, 2.24) is 0 Å². The molecule has 0 spiro atoms. The van der Waals surface area contributed by atoms with Gasteiger partial charge in [0.15, 0.2) is 0 Å². The van der Waals surface area contributed by atoms with Gasteiger partial charge >= 0.3 is 11.9 Å². The number of carboxylic acid groups (broad SMARTS) is 1. The zero-order chi connectivity index (χ0) is 16.0. The third kappa shape index (κ3) is 5.00. The third-order valence-corrected chi connectivity index (χ3v) is 4.84. The van der Waals surface area contributed by atoms with Gasteiger partial charge in [-0.2, -0.15) is 0 Å². The number of rotatable bonds is 7. The van der Waals surface area contributed by atoms with E-state index in [-0.39, 0.29) is 12.6 Å². The zero-order valence-corrected chi connectivity index (χ0v) is 14.1. The van der Waals surface area contributed by atoms with Crippen LogP contribution in [0.1, 0.15) is 37.0 Å². The molecule has 0 heterocycles. The summed E-state index contributed by atoms with van der Waals surface area (Å²) in [6, 6.07) is 2.33. The number of thioether (sulfide) groups is 1. The molecule has 0 aromatic heterocycles. The standard InChI is InChI=1S/C14H16BrFO4S/c1-3-5-11(14(19)20-4-2)21-12-6-8(13(17)18)10(16)7-9(12)15/h6-7,11H,3-5H2,1-2H3,(H,17,18). The summed E-state index contributed by atoms with van der Waals surface area (Å²) in [7, 11) is 0. The molecule has 116 valence electrons. The topological polar surface area (TPSA) is 63.6 Å². The maximum atomic E-state index is 13.5. The van der Waals surface area contributed by atoms with Crippen LogP contribution >= 0.6 is 27.7 Å². The number of hydrogen-bond acceptors (Lipinski definition) is 4. The van der Waals surface area contributed by atoms with E-state index in [2.05, 4.69) is 15.9 Å². The van der Waals surface area contributed by atoms with E-state index in [1.807, 2.05) is 6.92 Å². The van der Waals surface area contributed by atoms with Gasteiger partial charge in [-0.1, -0.05) is 13.3 Å². The lowest BCUT2D eigenvalue weighted by molar-refractivity contribution is -0.142. The molecule has 1 unspecified atom stereocenters. The number of halogens is 2. The summed E-state index contributed by atoms with van der Waals surface area (Å²) in [4.78, 5) is 23.4. The maximum absolute atomic E-state index is 13.5. The van der Waals surface area contributed by atoms with E-state index in [9.17, 15) is 14.0 Å². The van der Waals surface area contributed by atoms with Gasteiger partial charge in [0.25, 0.3) is 0 Å². The molecule has 0 radical (unpaired) electrons. The van der Waals surface area contributed by atoms with Crippen LogP contribution in [-0.4, -0.2) is 28.9 Å². The van der Waals surface area contributed by atoms with Crippen LogP contribution in [0.4, 0.5) is 4.39 Å². The summed E-state index contributed by atoms with van der Waals surface area (Å²) in [5.41, 5.74) is -0.417. The van der Waals surface area contributed by atoms with Crippen LogP contribution in [0, 0.1) is 5.82 Å². The van der Waals surface area contributed by atoms with Crippen LogP contribution < -0.4 is 0 Å². The van der Waals surface area contributed by atoms with Crippen molar-refractivity contribution in [2.45, 2.75) is 36.8 Å². The van der Waals surface area contributed by atoms with E-state index in [1.165, 1.54) is 17.8 Å². The lowest BCUT2D eigenvalue weighted by atomic mass is 10.2. The minimum absolute atomic E-state index is 0.282. The van der Waals surface area contributed by atoms with E-state index in [1.54, 1.807) is 6.92 Å². The second kappa shape index (κ2) is 8.38. The first kappa shape index (κ1) is 18.0. The molecule has 1 aromatic rings. The van der Waals surface area contributed by atoms with Crippen LogP contribution in [0.25, 0.3) is 0 Å². The van der Waals surface area contributed by atoms with Gasteiger partial charge in [-0.15, -0.1) is 11.8 Å². The summed E-state index contributed by atoms with van der Waals surface area (Å²) in [6.07, 6.45) is 1.37. The fourth-order valence-corrected chi connectivity index (χ4v) is 3.44. The van der Waals surface area contributed by atoms with Crippen LogP contribution in [0.5, 0.6) is 0 Å². The highest BCUT2D eigenvalue weighted by Crippen LogP contribution is 2.35. The maximum Gasteiger partial charge on any atom is 0.338 e. The molecule has 1 aromatic carbocycles. The fraction of sp³-hybridized carbons (Fsp3) is 0.429. The second-order valence-electron chi connectivity index (χ2n) is 4.21. The Hall–Kier alpha value is -1.08. The Morgan fingerprint density at radius 1 is 1.43 bits per heavy atom. The Balaban J connectivity index is 3.05. The van der Waals surface area contributed by atoms with Gasteiger partial charge in [-0.05, 0) is 41.4 Å². The van der Waals surface area contributed by atoms with E-state index >= 15 is 0 Å². The Kier molecular flexibility index (Phi) is 7.17. The van der Waals surface area contributed by atoms with Gasteiger partial charge in [0.05, 0.1) is 12.2 Å². The number of carboxylic acids is 1. The average Bonchev–Trinajstić information content (AvgIpc) is 2.40. The molecular weight excluding hydrogens is 363 g/mol. The lowest BCUT2D eigenvalue weighted by Gasteiger charge is -2.15. The van der Waals surface area contributed by atoms with Crippen LogP contribution in [0.2, 0.25) is 0 Å². The quantitative estimate of drug-likeness (QED) is 0.571. The number of hydrogen-bond donors (Lipinski definition) is 1. The van der Waals surface area contributed by atoms with E-state index < -0.39 is 22.6 Å². The number of esters is 1. The number of aromatic carboxylic acids is 1. The van der Waals surface area contributed by atoms with E-state index in [0.717, 1.165) is 12.5 Å². The van der Waals surface area contributed by atoms with Crippen molar-refractivity contribution in [3.05, 3.63) is 28.0 Å². The first-order valence-corrected chi connectivity index (χ1v) is 8.13. The third-order valence-electron chi connectivity index (χ3n) is 2.62. The highest BCUT2D eigenvalue weighted by Gasteiger charge is 2.23. The summed E-state index contributed by atoms with van der Waals surface area (Å²) >= 11 is 4.37. The Morgan fingerprint density at radius 3 is 2.62 bits per heavy atom. The van der Waals surface area contributed by atoms with E-state index in [0.29, 0.717) is 15.8 Å². The zero-order valence-electron chi connectivity index (χ0n) is 11.7. The van der Waals surface area contributed by atoms with Crippen molar-refractivity contribution in [3.8, 4) is 0 Å². The van der Waals surface area contributed by atoms with Crippen molar-refractivity contribution in [2.24, 2.45) is 0 Å². The number of benzene rings is 1. The first-order valence-electron chi connectivity index (χ1n) is 6.46. The minimum Gasteiger partial charge on any atom is -0.478 e. The minimum atomic E-state index is -1.34. The number of carbonyl (C=O) groups excluding carboxylic acids is 1. The van der Waals surface area contributed by atoms with Gasteiger partial charge in [0.1, 0.15) is 11.1 Å². The molecule has 4 nitrogen and oxygen atoms in total. The molecule has 21 heavy (non-hydrogen) atoms. The fourth-order valence-electron chi connectivity index (χ4n) is 1.66. The molecule has 1 N–H and O–H groups in total. The molecule has 1 atom stereocenters. The van der Waals surface area contributed by atoms with Crippen molar-refractivity contribution in [1.29, 1.82) is 0 Å². The van der Waals surface area contributed by atoms with Crippen molar-refractivity contribution < 1.29 is 23.8 Å². The SMILES string of the molecule is CCCC(Sc1cc(C(=O)O)c(F)cc1Br)C(=O)OCC. The summed E-state index contributed by atoms with van der Waals surface area (Å²) < 4.78 is 19.0. The monoisotopic (exact) mass is 378 g/mol. The first-order chi connectivity index (χ1) is 9.90. The molecule has 1 rings (SSSR count). The molecular formula is C14H16BrFO4S. The predicted molar refractivity (Wildman–Crippen MR) is 82.2 cm³/mol. The van der Waals surface area contributed by atoms with Crippen molar-refractivity contribution in [3.63, 3.8) is 0 Å². The molecule has 0 amide bonds. The number of ether oxygens (including phenoxy) is 1. The second-order valence-corrected chi connectivity index (χ2v) is 6.31. The lowest BCUT2D eigenvalue weighted by Crippen LogP contribution is -2.20. The summed E-state index contributed by atoms with van der Waals surface area (Å²) in [5, 5.41) is 8.51.